The number of rotatable bonds is 2. The fourth-order valence-electron chi connectivity index (χ4n) is 1.93. The number of carbonyl (C=O) groups is 1. The summed E-state index contributed by atoms with van der Waals surface area (Å²) in [6.45, 7) is 0. The molecule has 4 nitrogen and oxygen atoms in total. The summed E-state index contributed by atoms with van der Waals surface area (Å²) >= 11 is 0.791. The lowest BCUT2D eigenvalue weighted by Crippen LogP contribution is -2.13. The van der Waals surface area contributed by atoms with Gasteiger partial charge in [0.1, 0.15) is 11.0 Å². The van der Waals surface area contributed by atoms with E-state index in [9.17, 15) is 18.0 Å². The lowest BCUT2D eigenvalue weighted by atomic mass is 10.1. The molecule has 8 heteroatoms. The molecule has 1 amide bonds. The number of anilines is 1. The van der Waals surface area contributed by atoms with Crippen molar-refractivity contribution in [3.05, 3.63) is 53.6 Å². The van der Waals surface area contributed by atoms with E-state index < -0.39 is 17.6 Å². The van der Waals surface area contributed by atoms with Gasteiger partial charge in [0.25, 0.3) is 5.91 Å². The molecule has 0 aliphatic rings. The van der Waals surface area contributed by atoms with Gasteiger partial charge in [-0.25, -0.2) is 0 Å². The van der Waals surface area contributed by atoms with Crippen molar-refractivity contribution < 1.29 is 18.0 Å². The topological polar surface area (TPSA) is 54.9 Å². The summed E-state index contributed by atoms with van der Waals surface area (Å²) in [4.78, 5) is 12.1. The smallest absolute Gasteiger partial charge is 0.320 e. The first-order valence-corrected chi connectivity index (χ1v) is 6.88. The second-order valence-corrected chi connectivity index (χ2v) is 5.00. The van der Waals surface area contributed by atoms with Crippen molar-refractivity contribution >= 4 is 34.4 Å². The maximum atomic E-state index is 12.9. The minimum absolute atomic E-state index is 0.00701. The van der Waals surface area contributed by atoms with E-state index in [-0.39, 0.29) is 16.7 Å². The summed E-state index contributed by atoms with van der Waals surface area (Å²) in [7, 11) is 0. The third kappa shape index (κ3) is 2.77. The molecule has 1 aromatic heterocycles. The summed E-state index contributed by atoms with van der Waals surface area (Å²) in [5.74, 6) is -0.505. The molecule has 0 bridgehead atoms. The van der Waals surface area contributed by atoms with E-state index >= 15 is 0 Å². The Kier molecular flexibility index (Phi) is 3.53. The van der Waals surface area contributed by atoms with E-state index in [0.717, 1.165) is 23.9 Å². The number of hydrogen-bond acceptors (Lipinski definition) is 4. The van der Waals surface area contributed by atoms with Crippen LogP contribution in [0.15, 0.2) is 42.5 Å². The summed E-state index contributed by atoms with van der Waals surface area (Å²) < 4.78 is 46.5. The Morgan fingerprint density at radius 2 is 1.82 bits per heavy atom. The second-order valence-electron chi connectivity index (χ2n) is 4.47. The molecule has 1 N–H and O–H groups in total. The van der Waals surface area contributed by atoms with Gasteiger partial charge < -0.3 is 5.32 Å². The highest BCUT2D eigenvalue weighted by Gasteiger charge is 2.32. The number of benzene rings is 2. The minimum atomic E-state index is -4.52. The normalized spacial score (nSPS) is 11.6. The quantitative estimate of drug-likeness (QED) is 0.776. The van der Waals surface area contributed by atoms with Crippen LogP contribution >= 0.6 is 11.7 Å². The monoisotopic (exact) mass is 323 g/mol. The Morgan fingerprint density at radius 3 is 2.50 bits per heavy atom. The van der Waals surface area contributed by atoms with E-state index in [0.29, 0.717) is 5.56 Å². The predicted octanol–water partition coefficient (Wildman–Crippen LogP) is 3.96. The van der Waals surface area contributed by atoms with Crippen molar-refractivity contribution in [3.8, 4) is 0 Å². The van der Waals surface area contributed by atoms with E-state index in [1.165, 1.54) is 0 Å². The average molecular weight is 323 g/mol. The van der Waals surface area contributed by atoms with Gasteiger partial charge in [0.2, 0.25) is 0 Å². The zero-order valence-corrected chi connectivity index (χ0v) is 11.7. The van der Waals surface area contributed by atoms with Crippen LogP contribution < -0.4 is 5.32 Å². The van der Waals surface area contributed by atoms with Crippen LogP contribution in [0, 0.1) is 0 Å². The first-order chi connectivity index (χ1) is 10.4. The van der Waals surface area contributed by atoms with Crippen LogP contribution in [0.4, 0.5) is 18.9 Å². The van der Waals surface area contributed by atoms with Gasteiger partial charge in [0, 0.05) is 5.56 Å². The number of hydrogen-bond donors (Lipinski definition) is 1. The van der Waals surface area contributed by atoms with E-state index in [1.807, 2.05) is 0 Å². The first kappa shape index (κ1) is 14.5. The number of alkyl halides is 3. The number of amides is 1. The van der Waals surface area contributed by atoms with Gasteiger partial charge in [-0.2, -0.15) is 21.9 Å². The van der Waals surface area contributed by atoms with Crippen molar-refractivity contribution in [1.82, 2.24) is 8.75 Å². The third-order valence-electron chi connectivity index (χ3n) is 2.97. The molecule has 2 aromatic carbocycles. The summed E-state index contributed by atoms with van der Waals surface area (Å²) in [6, 6.07) is 9.99. The maximum absolute atomic E-state index is 12.9. The molecule has 112 valence electrons. The highest BCUT2D eigenvalue weighted by Crippen LogP contribution is 2.34. The predicted molar refractivity (Wildman–Crippen MR) is 76.8 cm³/mol. The van der Waals surface area contributed by atoms with E-state index in [1.54, 1.807) is 30.3 Å². The van der Waals surface area contributed by atoms with Gasteiger partial charge in [0.15, 0.2) is 0 Å². The number of halogens is 3. The van der Waals surface area contributed by atoms with Crippen molar-refractivity contribution in [2.75, 3.05) is 5.32 Å². The van der Waals surface area contributed by atoms with Gasteiger partial charge in [-0.3, -0.25) is 4.79 Å². The average Bonchev–Trinajstić information content (AvgIpc) is 2.96. The SMILES string of the molecule is O=C(Nc1cc(C(F)(F)F)cc2nsnc12)c1ccccc1. The standard InChI is InChI=1S/C14H8F3N3OS/c15-14(16,17)9-6-10(12-11(7-9)19-22-20-12)18-13(21)8-4-2-1-3-5-8/h1-7H,(H,18,21). The van der Waals surface area contributed by atoms with Gasteiger partial charge >= 0.3 is 6.18 Å². The molecule has 0 saturated carbocycles. The van der Waals surface area contributed by atoms with Crippen LogP contribution in [0.3, 0.4) is 0 Å². The molecule has 22 heavy (non-hydrogen) atoms. The molecule has 3 aromatic rings. The van der Waals surface area contributed by atoms with Crippen LogP contribution in [0.1, 0.15) is 15.9 Å². The third-order valence-corrected chi connectivity index (χ3v) is 3.52. The fraction of sp³-hybridized carbons (Fsp3) is 0.0714. The highest BCUT2D eigenvalue weighted by atomic mass is 32.1. The highest BCUT2D eigenvalue weighted by molar-refractivity contribution is 7.00. The molecule has 0 atom stereocenters. The zero-order valence-electron chi connectivity index (χ0n) is 10.9. The first-order valence-electron chi connectivity index (χ1n) is 6.15. The van der Waals surface area contributed by atoms with Crippen LogP contribution in [-0.2, 0) is 6.18 Å². The molecule has 3 rings (SSSR count). The lowest BCUT2D eigenvalue weighted by molar-refractivity contribution is -0.137. The Morgan fingerprint density at radius 1 is 1.09 bits per heavy atom. The molecule has 0 unspecified atom stereocenters. The maximum Gasteiger partial charge on any atom is 0.416 e. The minimum Gasteiger partial charge on any atom is -0.320 e. The molecule has 0 fully saturated rings. The number of fused-ring (bicyclic) bond motifs is 1. The Labute approximate surface area is 126 Å². The molecule has 0 aliphatic carbocycles. The van der Waals surface area contributed by atoms with Crippen molar-refractivity contribution in [1.29, 1.82) is 0 Å². The van der Waals surface area contributed by atoms with Crippen LogP contribution in [0.25, 0.3) is 11.0 Å². The van der Waals surface area contributed by atoms with E-state index in [4.69, 9.17) is 0 Å². The van der Waals surface area contributed by atoms with Gasteiger partial charge in [0.05, 0.1) is 23.0 Å². The Bertz CT molecular complexity index is 830. The van der Waals surface area contributed by atoms with Crippen LogP contribution in [0.2, 0.25) is 0 Å². The molecule has 1 heterocycles. The lowest BCUT2D eigenvalue weighted by Gasteiger charge is -2.10. The number of nitrogens with one attached hydrogen (secondary N) is 1. The van der Waals surface area contributed by atoms with Gasteiger partial charge in [-0.15, -0.1) is 0 Å². The molecule has 0 spiro atoms. The van der Waals surface area contributed by atoms with Crippen LogP contribution in [0.5, 0.6) is 0 Å². The zero-order chi connectivity index (χ0) is 15.7. The molecule has 0 radical (unpaired) electrons. The van der Waals surface area contributed by atoms with Gasteiger partial charge in [-0.1, -0.05) is 18.2 Å². The van der Waals surface area contributed by atoms with Crippen molar-refractivity contribution in [3.63, 3.8) is 0 Å². The largest absolute Gasteiger partial charge is 0.416 e. The molecule has 0 saturated heterocycles. The Hall–Kier alpha value is -2.48. The molecular formula is C14H8F3N3OS. The number of nitrogens with zero attached hydrogens (tertiary/aromatic N) is 2. The summed E-state index contributed by atoms with van der Waals surface area (Å²) in [5.41, 5.74) is -0.204. The van der Waals surface area contributed by atoms with Crippen molar-refractivity contribution in [2.45, 2.75) is 6.18 Å². The number of carbonyl (C=O) groups excluding carboxylic acids is 1. The van der Waals surface area contributed by atoms with Crippen LogP contribution in [-0.4, -0.2) is 14.7 Å². The molecular weight excluding hydrogens is 315 g/mol. The van der Waals surface area contributed by atoms with Crippen molar-refractivity contribution in [2.24, 2.45) is 0 Å². The second kappa shape index (κ2) is 5.38. The van der Waals surface area contributed by atoms with E-state index in [2.05, 4.69) is 14.1 Å². The summed E-state index contributed by atoms with van der Waals surface area (Å²) in [5, 5.41) is 2.47. The molecule has 0 aliphatic heterocycles. The van der Waals surface area contributed by atoms with Gasteiger partial charge in [-0.05, 0) is 24.3 Å². The summed E-state index contributed by atoms with van der Waals surface area (Å²) in [6.07, 6.45) is -4.52. The number of aromatic nitrogens is 2. The Balaban J connectivity index is 2.03. The fourth-order valence-corrected chi connectivity index (χ4v) is 2.47.